The fraction of sp³-hybridized carbons (Fsp3) is 0.0870. The quantitative estimate of drug-likeness (QED) is 0.485. The van der Waals surface area contributed by atoms with E-state index in [1.807, 2.05) is 60.4 Å². The van der Waals surface area contributed by atoms with Gasteiger partial charge in [0, 0.05) is 7.05 Å². The van der Waals surface area contributed by atoms with E-state index in [4.69, 9.17) is 0 Å². The number of para-hydroxylation sites is 2. The minimum Gasteiger partial charge on any atom is -0.334 e. The summed E-state index contributed by atoms with van der Waals surface area (Å²) in [6, 6.07) is 22.3. The number of aryl methyl sites for hydroxylation is 1. The predicted molar refractivity (Wildman–Crippen MR) is 111 cm³/mol. The number of fused-ring (bicyclic) bond motifs is 2. The molecule has 5 rings (SSSR count). The normalized spacial score (nSPS) is 11.3. The summed E-state index contributed by atoms with van der Waals surface area (Å²) in [4.78, 5) is 21.1. The van der Waals surface area contributed by atoms with Crippen molar-refractivity contribution < 1.29 is 0 Å². The molecule has 0 aliphatic rings. The minimum atomic E-state index is -0.0968. The summed E-state index contributed by atoms with van der Waals surface area (Å²) in [5, 5.41) is 0. The van der Waals surface area contributed by atoms with Crippen LogP contribution < -0.4 is 5.56 Å². The first-order valence-electron chi connectivity index (χ1n) is 9.14. The molecule has 5 heteroatoms. The van der Waals surface area contributed by atoms with Crippen LogP contribution in [0.2, 0.25) is 0 Å². The van der Waals surface area contributed by atoms with Crippen molar-refractivity contribution in [2.75, 3.05) is 0 Å². The molecule has 0 saturated carbocycles. The lowest BCUT2D eigenvalue weighted by molar-refractivity contribution is 0.787. The van der Waals surface area contributed by atoms with Crippen molar-refractivity contribution in [2.24, 2.45) is 7.05 Å². The Morgan fingerprint density at radius 1 is 0.821 bits per heavy atom. The van der Waals surface area contributed by atoms with Crippen molar-refractivity contribution >= 4 is 22.1 Å². The molecule has 2 aromatic heterocycles. The van der Waals surface area contributed by atoms with Gasteiger partial charge >= 0.3 is 0 Å². The Hall–Kier alpha value is -3.73. The van der Waals surface area contributed by atoms with Crippen LogP contribution in [-0.4, -0.2) is 19.1 Å². The van der Waals surface area contributed by atoms with E-state index in [1.165, 1.54) is 6.20 Å². The summed E-state index contributed by atoms with van der Waals surface area (Å²) in [6.45, 7) is 0.504. The highest BCUT2D eigenvalue weighted by molar-refractivity contribution is 5.82. The van der Waals surface area contributed by atoms with Crippen LogP contribution in [-0.2, 0) is 13.6 Å². The van der Waals surface area contributed by atoms with Gasteiger partial charge < -0.3 is 9.13 Å². The Morgan fingerprint density at radius 2 is 1.64 bits per heavy atom. The van der Waals surface area contributed by atoms with Gasteiger partial charge in [0.15, 0.2) is 0 Å². The molecule has 3 aromatic carbocycles. The standard InChI is InChI=1S/C23H18N4O/c1-26-15-25-20-10-9-18(12-22(20)26)17-6-4-5-16(11-17)14-27-21-8-3-2-7-19(21)24-13-23(27)28/h2-13,15H,14H2,1H3. The lowest BCUT2D eigenvalue weighted by Crippen LogP contribution is -2.21. The van der Waals surface area contributed by atoms with Crippen LogP contribution >= 0.6 is 0 Å². The van der Waals surface area contributed by atoms with Crippen molar-refractivity contribution in [3.05, 3.63) is 95.2 Å². The molecule has 28 heavy (non-hydrogen) atoms. The molecule has 0 saturated heterocycles. The molecule has 0 radical (unpaired) electrons. The average molecular weight is 366 g/mol. The molecule has 0 bridgehead atoms. The zero-order chi connectivity index (χ0) is 19.1. The Kier molecular flexibility index (Phi) is 3.79. The summed E-state index contributed by atoms with van der Waals surface area (Å²) in [6.07, 6.45) is 3.22. The van der Waals surface area contributed by atoms with Crippen LogP contribution in [0.15, 0.2) is 84.0 Å². The first-order chi connectivity index (χ1) is 13.7. The highest BCUT2D eigenvalue weighted by atomic mass is 16.1. The van der Waals surface area contributed by atoms with E-state index in [0.29, 0.717) is 6.54 Å². The first kappa shape index (κ1) is 16.4. The highest BCUT2D eigenvalue weighted by Crippen LogP contribution is 2.25. The number of hydrogen-bond donors (Lipinski definition) is 0. The predicted octanol–water partition coefficient (Wildman–Crippen LogP) is 4.00. The van der Waals surface area contributed by atoms with Gasteiger partial charge in [-0.3, -0.25) is 4.79 Å². The fourth-order valence-corrected chi connectivity index (χ4v) is 3.62. The van der Waals surface area contributed by atoms with Gasteiger partial charge in [0.05, 0.1) is 41.1 Å². The third kappa shape index (κ3) is 2.77. The molecule has 5 aromatic rings. The maximum Gasteiger partial charge on any atom is 0.269 e. The zero-order valence-electron chi connectivity index (χ0n) is 15.4. The minimum absolute atomic E-state index is 0.0968. The van der Waals surface area contributed by atoms with E-state index < -0.39 is 0 Å². The van der Waals surface area contributed by atoms with Gasteiger partial charge in [0.2, 0.25) is 0 Å². The second-order valence-corrected chi connectivity index (χ2v) is 6.93. The number of hydrogen-bond acceptors (Lipinski definition) is 3. The molecule has 0 fully saturated rings. The van der Waals surface area contributed by atoms with Gasteiger partial charge in [-0.2, -0.15) is 0 Å². The lowest BCUT2D eigenvalue weighted by Gasteiger charge is -2.11. The largest absolute Gasteiger partial charge is 0.334 e. The third-order valence-electron chi connectivity index (χ3n) is 5.08. The van der Waals surface area contributed by atoms with E-state index in [1.54, 1.807) is 4.57 Å². The number of aromatic nitrogens is 4. The molecule has 136 valence electrons. The third-order valence-corrected chi connectivity index (χ3v) is 5.08. The van der Waals surface area contributed by atoms with Crippen molar-refractivity contribution in [2.45, 2.75) is 6.54 Å². The molecule has 2 heterocycles. The van der Waals surface area contributed by atoms with Crippen LogP contribution in [0.1, 0.15) is 5.56 Å². The lowest BCUT2D eigenvalue weighted by atomic mass is 10.0. The molecule has 0 unspecified atom stereocenters. The SMILES string of the molecule is Cn1cnc2ccc(-c3cccc(Cn4c(=O)cnc5ccccc54)c3)cc21. The monoisotopic (exact) mass is 366 g/mol. The smallest absolute Gasteiger partial charge is 0.269 e. The van der Waals surface area contributed by atoms with Crippen LogP contribution in [0, 0.1) is 0 Å². The van der Waals surface area contributed by atoms with Crippen molar-refractivity contribution in [1.29, 1.82) is 0 Å². The van der Waals surface area contributed by atoms with Gasteiger partial charge in [0.1, 0.15) is 0 Å². The summed E-state index contributed by atoms with van der Waals surface area (Å²) >= 11 is 0. The molecule has 0 amide bonds. The van der Waals surface area contributed by atoms with E-state index in [0.717, 1.165) is 38.8 Å². The molecule has 0 atom stereocenters. The first-order valence-corrected chi connectivity index (χ1v) is 9.14. The van der Waals surface area contributed by atoms with E-state index >= 15 is 0 Å². The Morgan fingerprint density at radius 3 is 2.57 bits per heavy atom. The van der Waals surface area contributed by atoms with E-state index in [-0.39, 0.29) is 5.56 Å². The van der Waals surface area contributed by atoms with Gasteiger partial charge in [-0.15, -0.1) is 0 Å². The maximum atomic E-state index is 12.4. The fourth-order valence-electron chi connectivity index (χ4n) is 3.62. The van der Waals surface area contributed by atoms with Gasteiger partial charge in [-0.1, -0.05) is 36.4 Å². The second-order valence-electron chi connectivity index (χ2n) is 6.93. The van der Waals surface area contributed by atoms with Crippen molar-refractivity contribution in [3.8, 4) is 11.1 Å². The Balaban J connectivity index is 1.57. The number of imidazole rings is 1. The van der Waals surface area contributed by atoms with Crippen LogP contribution in [0.25, 0.3) is 33.2 Å². The Bertz CT molecular complexity index is 1380. The van der Waals surface area contributed by atoms with Crippen molar-refractivity contribution in [1.82, 2.24) is 19.1 Å². The number of rotatable bonds is 3. The summed E-state index contributed by atoms with van der Waals surface area (Å²) in [5.41, 5.74) is 6.96. The molecule has 0 aliphatic carbocycles. The summed E-state index contributed by atoms with van der Waals surface area (Å²) < 4.78 is 3.79. The van der Waals surface area contributed by atoms with Gasteiger partial charge in [-0.25, -0.2) is 9.97 Å². The maximum absolute atomic E-state index is 12.4. The molecule has 5 nitrogen and oxygen atoms in total. The summed E-state index contributed by atoms with van der Waals surface area (Å²) in [7, 11) is 2.00. The molecular weight excluding hydrogens is 348 g/mol. The number of benzene rings is 3. The molecule has 0 N–H and O–H groups in total. The number of nitrogens with zero attached hydrogens (tertiary/aromatic N) is 4. The molecular formula is C23H18N4O. The van der Waals surface area contributed by atoms with Gasteiger partial charge in [0.25, 0.3) is 5.56 Å². The highest BCUT2D eigenvalue weighted by Gasteiger charge is 2.07. The van der Waals surface area contributed by atoms with Crippen LogP contribution in [0.4, 0.5) is 0 Å². The van der Waals surface area contributed by atoms with E-state index in [2.05, 4.69) is 34.2 Å². The Labute approximate surface area is 161 Å². The molecule has 0 aliphatic heterocycles. The topological polar surface area (TPSA) is 52.7 Å². The van der Waals surface area contributed by atoms with Crippen LogP contribution in [0.3, 0.4) is 0 Å². The molecule has 0 spiro atoms. The second kappa shape index (κ2) is 6.46. The van der Waals surface area contributed by atoms with Crippen LogP contribution in [0.5, 0.6) is 0 Å². The van der Waals surface area contributed by atoms with E-state index in [9.17, 15) is 4.79 Å². The summed E-state index contributed by atoms with van der Waals surface area (Å²) in [5.74, 6) is 0. The van der Waals surface area contributed by atoms with Gasteiger partial charge in [-0.05, 0) is 47.0 Å². The van der Waals surface area contributed by atoms with Crippen molar-refractivity contribution in [3.63, 3.8) is 0 Å². The average Bonchev–Trinajstić information content (AvgIpc) is 3.11. The zero-order valence-corrected chi connectivity index (χ0v) is 15.4.